The van der Waals surface area contributed by atoms with Crippen molar-refractivity contribution in [3.8, 4) is 0 Å². The van der Waals surface area contributed by atoms with E-state index >= 15 is 0 Å². The third-order valence-corrected chi connectivity index (χ3v) is 5.99. The van der Waals surface area contributed by atoms with Gasteiger partial charge in [0, 0.05) is 42.8 Å². The van der Waals surface area contributed by atoms with Crippen LogP contribution in [0.5, 0.6) is 0 Å². The highest BCUT2D eigenvalue weighted by molar-refractivity contribution is 7.92. The summed E-state index contributed by atoms with van der Waals surface area (Å²) in [5, 5.41) is 2.87. The Kier molecular flexibility index (Phi) is 6.00. The molecular weight excluding hydrogens is 366 g/mol. The third kappa shape index (κ3) is 5.22. The second-order valence-corrected chi connectivity index (χ2v) is 8.53. The van der Waals surface area contributed by atoms with Gasteiger partial charge in [0.2, 0.25) is 10.0 Å². The minimum absolute atomic E-state index is 0.0806. The fourth-order valence-electron chi connectivity index (χ4n) is 3.21. The van der Waals surface area contributed by atoms with Crippen LogP contribution in [0.4, 0.5) is 16.2 Å². The molecule has 2 heterocycles. The minimum atomic E-state index is -3.32. The van der Waals surface area contributed by atoms with E-state index in [0.29, 0.717) is 30.9 Å². The standard InChI is InChI=1S/C18H25N5O3S/c1-2-12-27(25,26)22-16-7-5-15(6-8-16)21-18(24)23-11-3-4-14(13-23)17-19-9-10-20-17/h5-10,14,22H,2-4,11-13H2,1H3,(H,19,20)(H,21,24)/t14-/m1/s1. The summed E-state index contributed by atoms with van der Waals surface area (Å²) in [5.74, 6) is 1.21. The van der Waals surface area contributed by atoms with Crippen LogP contribution >= 0.6 is 0 Å². The average molecular weight is 391 g/mol. The summed E-state index contributed by atoms with van der Waals surface area (Å²) in [6.07, 6.45) is 6.01. The number of carbonyl (C=O) groups is 1. The van der Waals surface area contributed by atoms with Crippen molar-refractivity contribution in [1.29, 1.82) is 0 Å². The summed E-state index contributed by atoms with van der Waals surface area (Å²) >= 11 is 0. The fourth-order valence-corrected chi connectivity index (χ4v) is 4.34. The second-order valence-electron chi connectivity index (χ2n) is 6.69. The number of rotatable bonds is 6. The number of amides is 2. The number of hydrogen-bond donors (Lipinski definition) is 3. The predicted octanol–water partition coefficient (Wildman–Crippen LogP) is 2.97. The van der Waals surface area contributed by atoms with Crippen LogP contribution in [-0.4, -0.2) is 48.2 Å². The number of hydrogen-bond acceptors (Lipinski definition) is 4. The number of sulfonamides is 1. The lowest BCUT2D eigenvalue weighted by molar-refractivity contribution is 0.191. The lowest BCUT2D eigenvalue weighted by Gasteiger charge is -2.31. The molecule has 1 aliphatic heterocycles. The van der Waals surface area contributed by atoms with Crippen molar-refractivity contribution < 1.29 is 13.2 Å². The number of anilines is 2. The summed E-state index contributed by atoms with van der Waals surface area (Å²) < 4.78 is 26.1. The van der Waals surface area contributed by atoms with Crippen molar-refractivity contribution in [2.45, 2.75) is 32.1 Å². The molecule has 8 nitrogen and oxygen atoms in total. The fraction of sp³-hybridized carbons (Fsp3) is 0.444. The van der Waals surface area contributed by atoms with Gasteiger partial charge in [0.1, 0.15) is 5.82 Å². The van der Waals surface area contributed by atoms with Gasteiger partial charge in [-0.05, 0) is 43.5 Å². The first-order valence-corrected chi connectivity index (χ1v) is 10.8. The lowest BCUT2D eigenvalue weighted by atomic mass is 9.98. The van der Waals surface area contributed by atoms with Crippen LogP contribution in [0, 0.1) is 0 Å². The van der Waals surface area contributed by atoms with Gasteiger partial charge in [-0.15, -0.1) is 0 Å². The van der Waals surface area contributed by atoms with Crippen LogP contribution in [0.25, 0.3) is 0 Å². The Morgan fingerprint density at radius 2 is 2.04 bits per heavy atom. The molecule has 3 rings (SSSR count). The van der Waals surface area contributed by atoms with Gasteiger partial charge in [-0.3, -0.25) is 4.72 Å². The zero-order valence-corrected chi connectivity index (χ0v) is 16.1. The lowest BCUT2D eigenvalue weighted by Crippen LogP contribution is -2.41. The number of benzene rings is 1. The van der Waals surface area contributed by atoms with Gasteiger partial charge in [-0.2, -0.15) is 0 Å². The van der Waals surface area contributed by atoms with Gasteiger partial charge in [0.25, 0.3) is 0 Å². The highest BCUT2D eigenvalue weighted by Gasteiger charge is 2.26. The number of aromatic amines is 1. The van der Waals surface area contributed by atoms with Crippen molar-refractivity contribution in [1.82, 2.24) is 14.9 Å². The van der Waals surface area contributed by atoms with Crippen molar-refractivity contribution in [3.05, 3.63) is 42.5 Å². The Morgan fingerprint density at radius 1 is 1.30 bits per heavy atom. The van der Waals surface area contributed by atoms with Gasteiger partial charge in [0.15, 0.2) is 0 Å². The molecular formula is C18H25N5O3S. The number of piperidine rings is 1. The molecule has 9 heteroatoms. The van der Waals surface area contributed by atoms with Crippen molar-refractivity contribution in [2.24, 2.45) is 0 Å². The molecule has 1 atom stereocenters. The molecule has 2 amide bonds. The first-order valence-electron chi connectivity index (χ1n) is 9.12. The van der Waals surface area contributed by atoms with Crippen LogP contribution in [0.15, 0.2) is 36.7 Å². The maximum Gasteiger partial charge on any atom is 0.321 e. The topological polar surface area (TPSA) is 107 Å². The average Bonchev–Trinajstić information content (AvgIpc) is 3.18. The van der Waals surface area contributed by atoms with E-state index in [1.165, 1.54) is 0 Å². The Labute approximate surface area is 159 Å². The zero-order valence-electron chi connectivity index (χ0n) is 15.3. The zero-order chi connectivity index (χ0) is 19.3. The third-order valence-electron chi connectivity index (χ3n) is 4.50. The molecule has 0 aliphatic carbocycles. The van der Waals surface area contributed by atoms with Gasteiger partial charge < -0.3 is 15.2 Å². The van der Waals surface area contributed by atoms with E-state index in [0.717, 1.165) is 18.7 Å². The van der Waals surface area contributed by atoms with E-state index in [1.807, 2.05) is 6.92 Å². The monoisotopic (exact) mass is 391 g/mol. The summed E-state index contributed by atoms with van der Waals surface area (Å²) in [5.41, 5.74) is 1.11. The molecule has 0 bridgehead atoms. The smallest absolute Gasteiger partial charge is 0.321 e. The predicted molar refractivity (Wildman–Crippen MR) is 105 cm³/mol. The van der Waals surface area contributed by atoms with E-state index < -0.39 is 10.0 Å². The van der Waals surface area contributed by atoms with Gasteiger partial charge >= 0.3 is 6.03 Å². The molecule has 2 aromatic rings. The molecule has 3 N–H and O–H groups in total. The van der Waals surface area contributed by atoms with E-state index in [-0.39, 0.29) is 17.7 Å². The number of urea groups is 1. The summed E-state index contributed by atoms with van der Waals surface area (Å²) in [6, 6.07) is 6.51. The van der Waals surface area contributed by atoms with Crippen LogP contribution < -0.4 is 10.0 Å². The Hall–Kier alpha value is -2.55. The van der Waals surface area contributed by atoms with Crippen molar-refractivity contribution in [2.75, 3.05) is 28.9 Å². The van der Waals surface area contributed by atoms with Crippen LogP contribution in [0.2, 0.25) is 0 Å². The molecule has 1 aliphatic rings. The maximum absolute atomic E-state index is 12.6. The number of H-pyrrole nitrogens is 1. The number of likely N-dealkylation sites (tertiary alicyclic amines) is 1. The van der Waals surface area contributed by atoms with E-state index in [9.17, 15) is 13.2 Å². The first kappa shape index (κ1) is 19.2. The van der Waals surface area contributed by atoms with Gasteiger partial charge in [0.05, 0.1) is 5.75 Å². The number of nitrogens with one attached hydrogen (secondary N) is 3. The highest BCUT2D eigenvalue weighted by Crippen LogP contribution is 2.25. The number of aromatic nitrogens is 2. The molecule has 1 saturated heterocycles. The summed E-state index contributed by atoms with van der Waals surface area (Å²) in [6.45, 7) is 3.14. The Bertz CT molecular complexity index is 850. The Morgan fingerprint density at radius 3 is 2.70 bits per heavy atom. The maximum atomic E-state index is 12.6. The molecule has 146 valence electrons. The van der Waals surface area contributed by atoms with E-state index in [2.05, 4.69) is 20.0 Å². The number of imidazole rings is 1. The minimum Gasteiger partial charge on any atom is -0.348 e. The molecule has 1 fully saturated rings. The largest absolute Gasteiger partial charge is 0.348 e. The van der Waals surface area contributed by atoms with Crippen molar-refractivity contribution in [3.63, 3.8) is 0 Å². The van der Waals surface area contributed by atoms with Gasteiger partial charge in [-0.1, -0.05) is 6.92 Å². The van der Waals surface area contributed by atoms with Crippen LogP contribution in [0.1, 0.15) is 37.9 Å². The van der Waals surface area contributed by atoms with Crippen molar-refractivity contribution >= 4 is 27.4 Å². The summed E-state index contributed by atoms with van der Waals surface area (Å²) in [4.78, 5) is 21.8. The molecule has 27 heavy (non-hydrogen) atoms. The normalized spacial score (nSPS) is 17.5. The molecule has 1 aromatic heterocycles. The Balaban J connectivity index is 1.57. The van der Waals surface area contributed by atoms with E-state index in [1.54, 1.807) is 41.6 Å². The quantitative estimate of drug-likeness (QED) is 0.703. The first-order chi connectivity index (χ1) is 13.0. The highest BCUT2D eigenvalue weighted by atomic mass is 32.2. The molecule has 0 spiro atoms. The van der Waals surface area contributed by atoms with Gasteiger partial charge in [-0.25, -0.2) is 18.2 Å². The molecule has 0 unspecified atom stereocenters. The second kappa shape index (κ2) is 8.43. The van der Waals surface area contributed by atoms with Crippen LogP contribution in [0.3, 0.4) is 0 Å². The van der Waals surface area contributed by atoms with E-state index in [4.69, 9.17) is 0 Å². The number of carbonyl (C=O) groups excluding carboxylic acids is 1. The number of nitrogens with zero attached hydrogens (tertiary/aromatic N) is 2. The summed E-state index contributed by atoms with van der Waals surface area (Å²) in [7, 11) is -3.32. The van der Waals surface area contributed by atoms with Crippen LogP contribution in [-0.2, 0) is 10.0 Å². The SMILES string of the molecule is CCCS(=O)(=O)Nc1ccc(NC(=O)N2CCC[C@@H](c3ncc[nH]3)C2)cc1. The molecule has 0 radical (unpaired) electrons. The molecule has 1 aromatic carbocycles. The molecule has 0 saturated carbocycles.